The molecule has 0 saturated carbocycles. The van der Waals surface area contributed by atoms with E-state index in [1.807, 2.05) is 42.5 Å². The van der Waals surface area contributed by atoms with Crippen molar-refractivity contribution in [2.75, 3.05) is 18.4 Å². The van der Waals surface area contributed by atoms with E-state index in [0.29, 0.717) is 36.8 Å². The third-order valence-electron chi connectivity index (χ3n) is 5.39. The second-order valence-corrected chi connectivity index (χ2v) is 8.32. The van der Waals surface area contributed by atoms with Gasteiger partial charge in [-0.15, -0.1) is 10.2 Å². The Labute approximate surface area is 185 Å². The van der Waals surface area contributed by atoms with Crippen LogP contribution in [0, 0.1) is 5.92 Å². The van der Waals surface area contributed by atoms with Crippen LogP contribution >= 0.6 is 11.3 Å². The molecular weight excluding hydrogens is 412 g/mol. The predicted octanol–water partition coefficient (Wildman–Crippen LogP) is 3.85. The van der Waals surface area contributed by atoms with Gasteiger partial charge in [-0.05, 0) is 43.0 Å². The number of nitrogens with one attached hydrogen (secondary N) is 1. The summed E-state index contributed by atoms with van der Waals surface area (Å²) in [6.45, 7) is 2.84. The summed E-state index contributed by atoms with van der Waals surface area (Å²) in [4.78, 5) is 26.9. The minimum absolute atomic E-state index is 0.0601. The van der Waals surface area contributed by atoms with Gasteiger partial charge in [0.25, 0.3) is 5.91 Å². The Balaban J connectivity index is 1.27. The molecule has 0 aliphatic carbocycles. The highest BCUT2D eigenvalue weighted by Crippen LogP contribution is 2.24. The van der Waals surface area contributed by atoms with E-state index in [9.17, 15) is 9.59 Å². The van der Waals surface area contributed by atoms with Crippen molar-refractivity contribution < 1.29 is 14.3 Å². The third kappa shape index (κ3) is 5.27. The minimum Gasteiger partial charge on any atom is -0.481 e. The zero-order valence-electron chi connectivity index (χ0n) is 17.2. The van der Waals surface area contributed by atoms with Gasteiger partial charge in [-0.1, -0.05) is 53.8 Å². The summed E-state index contributed by atoms with van der Waals surface area (Å²) in [5, 5.41) is 10.8. The molecule has 1 atom stereocenters. The fourth-order valence-electron chi connectivity index (χ4n) is 3.67. The van der Waals surface area contributed by atoms with Crippen molar-refractivity contribution in [3.63, 3.8) is 0 Å². The fraction of sp³-hybridized carbons (Fsp3) is 0.304. The number of benzene rings is 2. The van der Waals surface area contributed by atoms with Gasteiger partial charge >= 0.3 is 0 Å². The molecule has 1 aliphatic heterocycles. The van der Waals surface area contributed by atoms with Crippen LogP contribution in [0.3, 0.4) is 0 Å². The van der Waals surface area contributed by atoms with Crippen LogP contribution < -0.4 is 10.1 Å². The second kappa shape index (κ2) is 9.70. The lowest BCUT2D eigenvalue weighted by molar-refractivity contribution is -0.140. The number of hydrogen-bond acceptors (Lipinski definition) is 6. The van der Waals surface area contributed by atoms with Crippen molar-refractivity contribution in [1.82, 2.24) is 15.1 Å². The van der Waals surface area contributed by atoms with Gasteiger partial charge in [0.15, 0.2) is 6.10 Å². The molecule has 1 fully saturated rings. The molecule has 3 aromatic rings. The van der Waals surface area contributed by atoms with Crippen LogP contribution in [0.2, 0.25) is 0 Å². The predicted molar refractivity (Wildman–Crippen MR) is 120 cm³/mol. The molecule has 2 amide bonds. The number of carbonyl (C=O) groups is 2. The first-order chi connectivity index (χ1) is 15.1. The molecule has 7 nitrogen and oxygen atoms in total. The van der Waals surface area contributed by atoms with Gasteiger partial charge in [0.2, 0.25) is 11.0 Å². The van der Waals surface area contributed by atoms with E-state index < -0.39 is 6.10 Å². The number of rotatable bonds is 6. The Bertz CT molecular complexity index is 1000. The number of carbonyl (C=O) groups excluding carboxylic acids is 2. The highest BCUT2D eigenvalue weighted by Gasteiger charge is 2.30. The number of nitrogens with zero attached hydrogens (tertiary/aromatic N) is 3. The fourth-order valence-corrected chi connectivity index (χ4v) is 4.11. The van der Waals surface area contributed by atoms with Crippen molar-refractivity contribution in [3.8, 4) is 16.9 Å². The van der Waals surface area contributed by atoms with E-state index in [1.165, 1.54) is 11.3 Å². The number of anilines is 1. The topological polar surface area (TPSA) is 84.4 Å². The van der Waals surface area contributed by atoms with Crippen LogP contribution in [0.5, 0.6) is 5.75 Å². The Hall–Kier alpha value is -3.26. The molecule has 1 aromatic heterocycles. The molecule has 31 heavy (non-hydrogen) atoms. The second-order valence-electron chi connectivity index (χ2n) is 7.48. The Morgan fingerprint density at radius 3 is 2.39 bits per heavy atom. The summed E-state index contributed by atoms with van der Waals surface area (Å²) in [7, 11) is 0. The van der Waals surface area contributed by atoms with Crippen molar-refractivity contribution in [2.45, 2.75) is 25.9 Å². The lowest BCUT2D eigenvalue weighted by atomic mass is 9.95. The summed E-state index contributed by atoms with van der Waals surface area (Å²) in [5.41, 5.74) is 3.81. The van der Waals surface area contributed by atoms with Crippen LogP contribution in [0.4, 0.5) is 5.13 Å². The molecule has 1 unspecified atom stereocenters. The zero-order chi connectivity index (χ0) is 21.6. The standard InChI is InChI=1S/C23H24N4O3S/c1-16(30-20-9-7-18(8-10-20)17-5-3-2-4-6-17)22(29)27-13-11-19(12-14-27)21(28)25-23-26-24-15-31-23/h2-10,15-16,19H,11-14H2,1H3,(H,25,26,28). The summed E-state index contributed by atoms with van der Waals surface area (Å²) in [6, 6.07) is 17.9. The van der Waals surface area contributed by atoms with E-state index in [4.69, 9.17) is 4.74 Å². The Kier molecular flexibility index (Phi) is 6.57. The molecule has 0 spiro atoms. The quantitative estimate of drug-likeness (QED) is 0.635. The first-order valence-corrected chi connectivity index (χ1v) is 11.2. The summed E-state index contributed by atoms with van der Waals surface area (Å²) in [6.07, 6.45) is 0.651. The average Bonchev–Trinajstić information content (AvgIpc) is 3.33. The van der Waals surface area contributed by atoms with Crippen LogP contribution in [0.25, 0.3) is 11.1 Å². The van der Waals surface area contributed by atoms with E-state index in [2.05, 4.69) is 27.6 Å². The maximum absolute atomic E-state index is 12.8. The summed E-state index contributed by atoms with van der Waals surface area (Å²) >= 11 is 1.29. The van der Waals surface area contributed by atoms with Crippen molar-refractivity contribution in [3.05, 3.63) is 60.1 Å². The van der Waals surface area contributed by atoms with E-state index in [1.54, 1.807) is 17.3 Å². The number of hydrogen-bond donors (Lipinski definition) is 1. The van der Waals surface area contributed by atoms with E-state index in [-0.39, 0.29) is 17.7 Å². The minimum atomic E-state index is -0.589. The maximum atomic E-state index is 12.8. The molecule has 1 aliphatic rings. The monoisotopic (exact) mass is 436 g/mol. The molecule has 4 rings (SSSR count). The number of aromatic nitrogens is 2. The third-order valence-corrected chi connectivity index (χ3v) is 6.00. The molecule has 1 saturated heterocycles. The number of likely N-dealkylation sites (tertiary alicyclic amines) is 1. The normalized spacial score (nSPS) is 15.3. The van der Waals surface area contributed by atoms with Gasteiger partial charge in [0.05, 0.1) is 0 Å². The van der Waals surface area contributed by atoms with Crippen molar-refractivity contribution in [2.24, 2.45) is 5.92 Å². The lowest BCUT2D eigenvalue weighted by Gasteiger charge is -2.32. The molecule has 8 heteroatoms. The van der Waals surface area contributed by atoms with Crippen LogP contribution in [0.1, 0.15) is 19.8 Å². The van der Waals surface area contributed by atoms with Crippen LogP contribution in [-0.4, -0.2) is 46.1 Å². The van der Waals surface area contributed by atoms with Crippen LogP contribution in [-0.2, 0) is 9.59 Å². The SMILES string of the molecule is CC(Oc1ccc(-c2ccccc2)cc1)C(=O)N1CCC(C(=O)Nc2nncs2)CC1. The smallest absolute Gasteiger partial charge is 0.263 e. The van der Waals surface area contributed by atoms with Gasteiger partial charge in [0, 0.05) is 19.0 Å². The molecular formula is C23H24N4O3S. The van der Waals surface area contributed by atoms with Gasteiger partial charge in [-0.25, -0.2) is 0 Å². The zero-order valence-corrected chi connectivity index (χ0v) is 18.0. The van der Waals surface area contributed by atoms with Gasteiger partial charge in [-0.2, -0.15) is 0 Å². The van der Waals surface area contributed by atoms with E-state index in [0.717, 1.165) is 11.1 Å². The van der Waals surface area contributed by atoms with Gasteiger partial charge in [0.1, 0.15) is 11.3 Å². The number of ether oxygens (including phenoxy) is 1. The van der Waals surface area contributed by atoms with Gasteiger partial charge in [-0.3, -0.25) is 9.59 Å². The largest absolute Gasteiger partial charge is 0.481 e. The molecule has 0 bridgehead atoms. The first kappa shape index (κ1) is 21.0. The average molecular weight is 437 g/mol. The maximum Gasteiger partial charge on any atom is 0.263 e. The van der Waals surface area contributed by atoms with Gasteiger partial charge < -0.3 is 15.0 Å². The number of amides is 2. The highest BCUT2D eigenvalue weighted by molar-refractivity contribution is 7.13. The van der Waals surface area contributed by atoms with Crippen LogP contribution in [0.15, 0.2) is 60.1 Å². The number of piperidine rings is 1. The molecule has 2 heterocycles. The van der Waals surface area contributed by atoms with E-state index >= 15 is 0 Å². The molecule has 2 aromatic carbocycles. The summed E-state index contributed by atoms with van der Waals surface area (Å²) in [5.74, 6) is 0.406. The first-order valence-electron chi connectivity index (χ1n) is 10.3. The Morgan fingerprint density at radius 2 is 1.74 bits per heavy atom. The lowest BCUT2D eigenvalue weighted by Crippen LogP contribution is -2.46. The molecule has 0 radical (unpaired) electrons. The highest BCUT2D eigenvalue weighted by atomic mass is 32.1. The summed E-state index contributed by atoms with van der Waals surface area (Å²) < 4.78 is 5.88. The Morgan fingerprint density at radius 1 is 1.06 bits per heavy atom. The molecule has 1 N–H and O–H groups in total. The van der Waals surface area contributed by atoms with Crippen molar-refractivity contribution >= 4 is 28.3 Å². The van der Waals surface area contributed by atoms with Crippen molar-refractivity contribution in [1.29, 1.82) is 0 Å². The molecule has 160 valence electrons.